The molecule has 4 nitrogen and oxygen atoms in total. The van der Waals surface area contributed by atoms with E-state index in [9.17, 15) is 0 Å². The highest BCUT2D eigenvalue weighted by Gasteiger charge is 2.22. The van der Waals surface area contributed by atoms with Crippen LogP contribution in [0.15, 0.2) is 87.1 Å². The predicted molar refractivity (Wildman–Crippen MR) is 143 cm³/mol. The average Bonchev–Trinajstić information content (AvgIpc) is 3.44. The van der Waals surface area contributed by atoms with Gasteiger partial charge in [-0.25, -0.2) is 9.67 Å². The molecule has 0 amide bonds. The Morgan fingerprint density at radius 3 is 2.21 bits per heavy atom. The van der Waals surface area contributed by atoms with Crippen LogP contribution in [-0.2, 0) is 0 Å². The number of hydrogen-bond donors (Lipinski definition) is 0. The monoisotopic (exact) mass is 599 g/mol. The smallest absolute Gasteiger partial charge is 0.211 e. The molecule has 8 heteroatoms. The van der Waals surface area contributed by atoms with Crippen molar-refractivity contribution < 1.29 is 4.74 Å². The van der Waals surface area contributed by atoms with E-state index in [0.717, 1.165) is 47.9 Å². The van der Waals surface area contributed by atoms with Crippen LogP contribution in [0, 0.1) is 0 Å². The first-order valence-electron chi connectivity index (χ1n) is 9.94. The molecule has 5 aromatic rings. The van der Waals surface area contributed by atoms with Gasteiger partial charge in [0, 0.05) is 31.0 Å². The molecular formula is C25H16Br2ClN3OS. The third-order valence-electron chi connectivity index (χ3n) is 5.08. The molecule has 2 heterocycles. The van der Waals surface area contributed by atoms with Gasteiger partial charge in [0.2, 0.25) is 5.13 Å². The molecule has 0 radical (unpaired) electrons. The number of ether oxygens (including phenoxy) is 1. The molecule has 0 saturated carbocycles. The largest absolute Gasteiger partial charge is 0.497 e. The summed E-state index contributed by atoms with van der Waals surface area (Å²) in [5.74, 6) is 0.809. The van der Waals surface area contributed by atoms with Crippen LogP contribution in [0.4, 0.5) is 0 Å². The van der Waals surface area contributed by atoms with Crippen LogP contribution < -0.4 is 4.74 Å². The Balaban J connectivity index is 1.66. The van der Waals surface area contributed by atoms with Gasteiger partial charge >= 0.3 is 0 Å². The Kier molecular flexibility index (Phi) is 6.38. The van der Waals surface area contributed by atoms with Gasteiger partial charge in [-0.15, -0.1) is 11.3 Å². The molecular weight excluding hydrogens is 586 g/mol. The summed E-state index contributed by atoms with van der Waals surface area (Å²) >= 11 is 15.6. The molecule has 5 rings (SSSR count). The van der Waals surface area contributed by atoms with Crippen molar-refractivity contribution in [1.82, 2.24) is 14.8 Å². The summed E-state index contributed by atoms with van der Waals surface area (Å²) in [6.07, 6.45) is 0. The second-order valence-corrected chi connectivity index (χ2v) is 10.2. The minimum atomic E-state index is 0.576. The fourth-order valence-electron chi connectivity index (χ4n) is 3.50. The van der Waals surface area contributed by atoms with E-state index in [4.69, 9.17) is 26.4 Å². The number of aromatic nitrogens is 3. The van der Waals surface area contributed by atoms with Crippen molar-refractivity contribution in [2.45, 2.75) is 0 Å². The molecule has 0 atom stereocenters. The summed E-state index contributed by atoms with van der Waals surface area (Å²) in [6.45, 7) is 0. The molecule has 0 aliphatic heterocycles. The second kappa shape index (κ2) is 9.43. The van der Waals surface area contributed by atoms with Crippen LogP contribution in [0.3, 0.4) is 0 Å². The van der Waals surface area contributed by atoms with Crippen molar-refractivity contribution in [2.75, 3.05) is 7.11 Å². The molecule has 0 aliphatic carbocycles. The van der Waals surface area contributed by atoms with Gasteiger partial charge in [-0.3, -0.25) is 0 Å². The highest BCUT2D eigenvalue weighted by Crippen LogP contribution is 2.40. The van der Waals surface area contributed by atoms with Crippen molar-refractivity contribution >= 4 is 54.8 Å². The Bertz CT molecular complexity index is 1450. The van der Waals surface area contributed by atoms with E-state index < -0.39 is 0 Å². The number of rotatable bonds is 5. The van der Waals surface area contributed by atoms with Crippen LogP contribution in [0.2, 0.25) is 5.02 Å². The van der Waals surface area contributed by atoms with Crippen molar-refractivity contribution in [3.63, 3.8) is 0 Å². The van der Waals surface area contributed by atoms with Gasteiger partial charge in [0.25, 0.3) is 0 Å². The molecule has 0 bridgehead atoms. The van der Waals surface area contributed by atoms with Crippen LogP contribution in [0.5, 0.6) is 5.75 Å². The van der Waals surface area contributed by atoms with Gasteiger partial charge in [-0.1, -0.05) is 67.7 Å². The molecule has 0 aliphatic rings. The fraction of sp³-hybridized carbons (Fsp3) is 0.0400. The Morgan fingerprint density at radius 2 is 1.55 bits per heavy atom. The lowest BCUT2D eigenvalue weighted by atomic mass is 10.1. The van der Waals surface area contributed by atoms with Gasteiger partial charge in [0.05, 0.1) is 23.5 Å². The average molecular weight is 602 g/mol. The summed E-state index contributed by atoms with van der Waals surface area (Å²) < 4.78 is 9.03. The number of thiazole rings is 1. The Morgan fingerprint density at radius 1 is 0.879 bits per heavy atom. The quantitative estimate of drug-likeness (QED) is 0.203. The highest BCUT2D eigenvalue weighted by atomic mass is 79.9. The third kappa shape index (κ3) is 4.51. The van der Waals surface area contributed by atoms with Crippen LogP contribution in [-0.4, -0.2) is 21.9 Å². The van der Waals surface area contributed by atoms with Crippen molar-refractivity contribution in [3.05, 3.63) is 92.1 Å². The summed E-state index contributed by atoms with van der Waals surface area (Å²) in [5, 5.41) is 8.24. The van der Waals surface area contributed by atoms with E-state index >= 15 is 0 Å². The molecule has 3 aromatic carbocycles. The SMILES string of the molecule is COc1ccc(-c2csc(-n3nc(-c4cccc(Br)c4)c(Cl)c3-c3cccc(Br)c3)n2)cc1. The lowest BCUT2D eigenvalue weighted by Gasteiger charge is -2.06. The molecule has 164 valence electrons. The van der Waals surface area contributed by atoms with Crippen LogP contribution in [0.25, 0.3) is 38.9 Å². The number of hydrogen-bond acceptors (Lipinski definition) is 4. The Labute approximate surface area is 217 Å². The van der Waals surface area contributed by atoms with E-state index in [1.165, 1.54) is 11.3 Å². The van der Waals surface area contributed by atoms with Crippen LogP contribution >= 0.6 is 54.8 Å². The molecule has 0 N–H and O–H groups in total. The zero-order valence-corrected chi connectivity index (χ0v) is 22.0. The summed E-state index contributed by atoms with van der Waals surface area (Å²) in [7, 11) is 1.66. The van der Waals surface area contributed by atoms with Gasteiger partial charge in [0.1, 0.15) is 11.4 Å². The van der Waals surface area contributed by atoms with E-state index in [-0.39, 0.29) is 0 Å². The molecule has 33 heavy (non-hydrogen) atoms. The third-order valence-corrected chi connectivity index (χ3v) is 7.24. The maximum atomic E-state index is 6.96. The van der Waals surface area contributed by atoms with Crippen molar-refractivity contribution in [2.24, 2.45) is 0 Å². The van der Waals surface area contributed by atoms with Crippen molar-refractivity contribution in [3.8, 4) is 44.7 Å². The number of methoxy groups -OCH3 is 1. The molecule has 0 saturated heterocycles. The van der Waals surface area contributed by atoms with Gasteiger partial charge in [0.15, 0.2) is 0 Å². The maximum absolute atomic E-state index is 6.96. The zero-order valence-electron chi connectivity index (χ0n) is 17.3. The normalized spacial score (nSPS) is 11.0. The number of nitrogens with zero attached hydrogens (tertiary/aromatic N) is 3. The van der Waals surface area contributed by atoms with E-state index in [2.05, 4.69) is 31.9 Å². The first-order valence-corrected chi connectivity index (χ1v) is 12.8. The second-order valence-electron chi connectivity index (χ2n) is 7.19. The lowest BCUT2D eigenvalue weighted by molar-refractivity contribution is 0.415. The Hall–Kier alpha value is -2.45. The first-order chi connectivity index (χ1) is 16.0. The number of benzene rings is 3. The minimum Gasteiger partial charge on any atom is -0.497 e. The van der Waals surface area contributed by atoms with E-state index in [0.29, 0.717) is 10.7 Å². The van der Waals surface area contributed by atoms with Crippen LogP contribution in [0.1, 0.15) is 0 Å². The van der Waals surface area contributed by atoms with Gasteiger partial charge in [-0.05, 0) is 48.5 Å². The highest BCUT2D eigenvalue weighted by molar-refractivity contribution is 9.10. The van der Waals surface area contributed by atoms with Crippen molar-refractivity contribution in [1.29, 1.82) is 0 Å². The molecule has 2 aromatic heterocycles. The summed E-state index contributed by atoms with van der Waals surface area (Å²) in [4.78, 5) is 4.88. The fourth-order valence-corrected chi connectivity index (χ4v) is 5.42. The molecule has 0 unspecified atom stereocenters. The number of halogens is 3. The van der Waals surface area contributed by atoms with E-state index in [1.807, 2.05) is 82.9 Å². The topological polar surface area (TPSA) is 39.9 Å². The summed E-state index contributed by atoms with van der Waals surface area (Å²) in [6, 6.07) is 23.8. The first kappa shape index (κ1) is 22.3. The standard InChI is InChI=1S/C25H16Br2ClN3OS/c1-32-20-10-8-15(9-11-20)21-14-33-25(29-21)31-24(17-5-3-7-19(27)13-17)22(28)23(30-31)16-4-2-6-18(26)12-16/h2-14H,1H3. The maximum Gasteiger partial charge on any atom is 0.211 e. The summed E-state index contributed by atoms with van der Waals surface area (Å²) in [5.41, 5.74) is 5.25. The zero-order chi connectivity index (χ0) is 22.9. The van der Waals surface area contributed by atoms with Gasteiger partial charge in [-0.2, -0.15) is 5.10 Å². The van der Waals surface area contributed by atoms with Gasteiger partial charge < -0.3 is 4.74 Å². The molecule has 0 spiro atoms. The predicted octanol–water partition coefficient (Wildman–Crippen LogP) is 8.52. The van der Waals surface area contributed by atoms with E-state index in [1.54, 1.807) is 7.11 Å². The lowest BCUT2D eigenvalue weighted by Crippen LogP contribution is -1.99. The molecule has 0 fully saturated rings. The minimum absolute atomic E-state index is 0.576.